The molecule has 116 valence electrons. The Hall–Kier alpha value is -1.75. The van der Waals surface area contributed by atoms with E-state index < -0.39 is 0 Å². The molecular formula is C16H25N3O2. The fraction of sp³-hybridized carbons (Fsp3) is 0.562. The van der Waals surface area contributed by atoms with Crippen LogP contribution in [0.15, 0.2) is 24.3 Å². The first-order valence-electron chi connectivity index (χ1n) is 7.58. The first kappa shape index (κ1) is 15.6. The Bertz CT molecular complexity index is 453. The SMILES string of the molecule is CCC(C)N1CCN(C(=O)Nc2ccc(OC)cc2)CC1. The van der Waals surface area contributed by atoms with Crippen LogP contribution >= 0.6 is 0 Å². The molecule has 0 aromatic heterocycles. The van der Waals surface area contributed by atoms with Crippen LogP contribution in [0.1, 0.15) is 20.3 Å². The number of urea groups is 1. The topological polar surface area (TPSA) is 44.8 Å². The molecule has 21 heavy (non-hydrogen) atoms. The molecule has 1 aliphatic heterocycles. The average molecular weight is 291 g/mol. The number of piperazine rings is 1. The number of nitrogens with zero attached hydrogens (tertiary/aromatic N) is 2. The van der Waals surface area contributed by atoms with E-state index in [1.807, 2.05) is 29.2 Å². The molecule has 0 spiro atoms. The summed E-state index contributed by atoms with van der Waals surface area (Å²) >= 11 is 0. The quantitative estimate of drug-likeness (QED) is 0.927. The smallest absolute Gasteiger partial charge is 0.321 e. The van der Waals surface area contributed by atoms with Crippen molar-refractivity contribution < 1.29 is 9.53 Å². The highest BCUT2D eigenvalue weighted by molar-refractivity contribution is 5.89. The molecule has 2 amide bonds. The number of rotatable bonds is 4. The predicted molar refractivity (Wildman–Crippen MR) is 84.9 cm³/mol. The lowest BCUT2D eigenvalue weighted by Crippen LogP contribution is -2.52. The third-order valence-corrected chi connectivity index (χ3v) is 4.16. The normalized spacial score (nSPS) is 17.4. The third-order valence-electron chi connectivity index (χ3n) is 4.16. The first-order valence-corrected chi connectivity index (χ1v) is 7.58. The molecule has 1 aromatic carbocycles. The van der Waals surface area contributed by atoms with Crippen LogP contribution in [-0.2, 0) is 0 Å². The Morgan fingerprint density at radius 3 is 2.38 bits per heavy atom. The van der Waals surface area contributed by atoms with Gasteiger partial charge in [-0.2, -0.15) is 0 Å². The zero-order valence-electron chi connectivity index (χ0n) is 13.1. The maximum atomic E-state index is 12.2. The van der Waals surface area contributed by atoms with Crippen LogP contribution in [0.3, 0.4) is 0 Å². The molecular weight excluding hydrogens is 266 g/mol. The Kier molecular flexibility index (Phi) is 5.44. The first-order chi connectivity index (χ1) is 10.1. The minimum atomic E-state index is -0.0241. The molecule has 1 N–H and O–H groups in total. The van der Waals surface area contributed by atoms with E-state index in [0.717, 1.165) is 44.0 Å². The summed E-state index contributed by atoms with van der Waals surface area (Å²) in [5.74, 6) is 0.787. The highest BCUT2D eigenvalue weighted by Gasteiger charge is 2.23. The van der Waals surface area contributed by atoms with E-state index in [4.69, 9.17) is 4.74 Å². The van der Waals surface area contributed by atoms with E-state index in [2.05, 4.69) is 24.1 Å². The summed E-state index contributed by atoms with van der Waals surface area (Å²) in [6.45, 7) is 7.91. The van der Waals surface area contributed by atoms with Gasteiger partial charge in [-0.3, -0.25) is 4.90 Å². The third kappa shape index (κ3) is 4.11. The maximum absolute atomic E-state index is 12.2. The van der Waals surface area contributed by atoms with Gasteiger partial charge in [0.15, 0.2) is 0 Å². The van der Waals surface area contributed by atoms with Crippen molar-refractivity contribution in [2.75, 3.05) is 38.6 Å². The van der Waals surface area contributed by atoms with Crippen molar-refractivity contribution in [2.24, 2.45) is 0 Å². The minimum Gasteiger partial charge on any atom is -0.497 e. The van der Waals surface area contributed by atoms with Crippen LogP contribution in [-0.4, -0.2) is 55.2 Å². The van der Waals surface area contributed by atoms with Crippen LogP contribution in [0.5, 0.6) is 5.75 Å². The zero-order chi connectivity index (χ0) is 15.2. The maximum Gasteiger partial charge on any atom is 0.321 e. The number of ether oxygens (including phenoxy) is 1. The summed E-state index contributed by atoms with van der Waals surface area (Å²) in [5, 5.41) is 2.93. The van der Waals surface area contributed by atoms with Crippen molar-refractivity contribution in [3.05, 3.63) is 24.3 Å². The predicted octanol–water partition coefficient (Wildman–Crippen LogP) is 2.64. The summed E-state index contributed by atoms with van der Waals surface area (Å²) in [7, 11) is 1.63. The largest absolute Gasteiger partial charge is 0.497 e. The summed E-state index contributed by atoms with van der Waals surface area (Å²) in [4.78, 5) is 16.6. The van der Waals surface area contributed by atoms with Gasteiger partial charge in [0, 0.05) is 37.9 Å². The van der Waals surface area contributed by atoms with Crippen molar-refractivity contribution in [1.29, 1.82) is 0 Å². The number of amides is 2. The second-order valence-corrected chi connectivity index (χ2v) is 5.44. The molecule has 0 saturated carbocycles. The van der Waals surface area contributed by atoms with Crippen molar-refractivity contribution in [2.45, 2.75) is 26.3 Å². The fourth-order valence-corrected chi connectivity index (χ4v) is 2.50. The molecule has 2 rings (SSSR count). The number of anilines is 1. The number of benzene rings is 1. The van der Waals surface area contributed by atoms with Crippen LogP contribution in [0.4, 0.5) is 10.5 Å². The molecule has 0 aliphatic carbocycles. The zero-order valence-corrected chi connectivity index (χ0v) is 13.1. The lowest BCUT2D eigenvalue weighted by Gasteiger charge is -2.37. The number of hydrogen-bond acceptors (Lipinski definition) is 3. The van der Waals surface area contributed by atoms with Crippen LogP contribution < -0.4 is 10.1 Å². The van der Waals surface area contributed by atoms with E-state index in [1.165, 1.54) is 0 Å². The van der Waals surface area contributed by atoms with E-state index in [0.29, 0.717) is 6.04 Å². The highest BCUT2D eigenvalue weighted by atomic mass is 16.5. The molecule has 1 aliphatic rings. The summed E-state index contributed by atoms with van der Waals surface area (Å²) < 4.78 is 5.11. The standard InChI is InChI=1S/C16H25N3O2/c1-4-13(2)18-9-11-19(12-10-18)16(20)17-14-5-7-15(21-3)8-6-14/h5-8,13H,4,9-12H2,1-3H3,(H,17,20). The molecule has 1 saturated heterocycles. The van der Waals surface area contributed by atoms with Crippen molar-refractivity contribution in [1.82, 2.24) is 9.80 Å². The molecule has 1 unspecified atom stereocenters. The Labute approximate surface area is 126 Å². The van der Waals surface area contributed by atoms with Gasteiger partial charge < -0.3 is 15.0 Å². The van der Waals surface area contributed by atoms with Gasteiger partial charge in [-0.1, -0.05) is 6.92 Å². The molecule has 1 fully saturated rings. The van der Waals surface area contributed by atoms with E-state index in [1.54, 1.807) is 7.11 Å². The highest BCUT2D eigenvalue weighted by Crippen LogP contribution is 2.16. The van der Waals surface area contributed by atoms with Crippen LogP contribution in [0.2, 0.25) is 0 Å². The van der Waals surface area contributed by atoms with Gasteiger partial charge in [0.2, 0.25) is 0 Å². The molecule has 5 nitrogen and oxygen atoms in total. The Morgan fingerprint density at radius 1 is 1.24 bits per heavy atom. The molecule has 1 heterocycles. The Balaban J connectivity index is 1.84. The van der Waals surface area contributed by atoms with E-state index in [-0.39, 0.29) is 6.03 Å². The van der Waals surface area contributed by atoms with Gasteiger partial charge in [0.05, 0.1) is 7.11 Å². The van der Waals surface area contributed by atoms with Gasteiger partial charge >= 0.3 is 6.03 Å². The van der Waals surface area contributed by atoms with Gasteiger partial charge in [0.25, 0.3) is 0 Å². The molecule has 0 bridgehead atoms. The fourth-order valence-electron chi connectivity index (χ4n) is 2.50. The number of carbonyl (C=O) groups is 1. The lowest BCUT2D eigenvalue weighted by atomic mass is 10.2. The van der Waals surface area contributed by atoms with Crippen molar-refractivity contribution in [3.63, 3.8) is 0 Å². The second kappa shape index (κ2) is 7.31. The van der Waals surface area contributed by atoms with Crippen LogP contribution in [0, 0.1) is 0 Å². The number of methoxy groups -OCH3 is 1. The monoisotopic (exact) mass is 291 g/mol. The van der Waals surface area contributed by atoms with Crippen molar-refractivity contribution >= 4 is 11.7 Å². The second-order valence-electron chi connectivity index (χ2n) is 5.44. The average Bonchev–Trinajstić information content (AvgIpc) is 2.55. The van der Waals surface area contributed by atoms with Crippen LogP contribution in [0.25, 0.3) is 0 Å². The number of hydrogen-bond donors (Lipinski definition) is 1. The summed E-state index contributed by atoms with van der Waals surface area (Å²) in [6, 6.07) is 7.96. The molecule has 0 radical (unpaired) electrons. The summed E-state index contributed by atoms with van der Waals surface area (Å²) in [6.07, 6.45) is 1.15. The van der Waals surface area contributed by atoms with Gasteiger partial charge in [-0.15, -0.1) is 0 Å². The van der Waals surface area contributed by atoms with Crippen molar-refractivity contribution in [3.8, 4) is 5.75 Å². The molecule has 1 atom stereocenters. The van der Waals surface area contributed by atoms with Gasteiger partial charge in [0.1, 0.15) is 5.75 Å². The van der Waals surface area contributed by atoms with E-state index in [9.17, 15) is 4.79 Å². The minimum absolute atomic E-state index is 0.0241. The number of nitrogens with one attached hydrogen (secondary N) is 1. The van der Waals surface area contributed by atoms with Gasteiger partial charge in [-0.25, -0.2) is 4.79 Å². The van der Waals surface area contributed by atoms with Gasteiger partial charge in [-0.05, 0) is 37.6 Å². The molecule has 1 aromatic rings. The Morgan fingerprint density at radius 2 is 1.86 bits per heavy atom. The summed E-state index contributed by atoms with van der Waals surface area (Å²) in [5.41, 5.74) is 0.796. The molecule has 5 heteroatoms. The number of carbonyl (C=O) groups excluding carboxylic acids is 1. The van der Waals surface area contributed by atoms with E-state index >= 15 is 0 Å². The lowest BCUT2D eigenvalue weighted by molar-refractivity contribution is 0.117.